The molecule has 0 amide bonds. The normalized spacial score (nSPS) is 12.9. The van der Waals surface area contributed by atoms with Crippen LogP contribution in [-0.2, 0) is 0 Å². The van der Waals surface area contributed by atoms with Crippen LogP contribution in [0.1, 0.15) is 6.85 Å². The molecule has 2 nitrogen and oxygen atoms in total. The van der Waals surface area contributed by atoms with E-state index in [2.05, 4.69) is 83.4 Å². The molecule has 0 aliphatic carbocycles. The van der Waals surface area contributed by atoms with Crippen LogP contribution in [0.15, 0.2) is 182 Å². The summed E-state index contributed by atoms with van der Waals surface area (Å²) in [6.45, 7) is 0. The van der Waals surface area contributed by atoms with E-state index >= 15 is 0 Å². The van der Waals surface area contributed by atoms with Crippen molar-refractivity contribution in [2.24, 2.45) is 0 Å². The van der Waals surface area contributed by atoms with Crippen molar-refractivity contribution in [2.75, 3.05) is 0 Å². The Balaban J connectivity index is 1.37. The molecular weight excluding hydrogens is 569 g/mol. The van der Waals surface area contributed by atoms with Crippen molar-refractivity contribution in [2.45, 2.75) is 0 Å². The maximum atomic E-state index is 9.04. The highest BCUT2D eigenvalue weighted by Crippen LogP contribution is 2.45. The van der Waals surface area contributed by atoms with Crippen LogP contribution in [0.3, 0.4) is 0 Å². The second-order valence-corrected chi connectivity index (χ2v) is 11.6. The number of rotatable bonds is 5. The molecule has 0 bridgehead atoms. The topological polar surface area (TPSA) is 17.8 Å². The van der Waals surface area contributed by atoms with Gasteiger partial charge < -0.3 is 0 Å². The summed E-state index contributed by atoms with van der Waals surface area (Å²) in [6.07, 6.45) is 0. The van der Waals surface area contributed by atoms with Crippen molar-refractivity contribution in [3.05, 3.63) is 182 Å². The first-order chi connectivity index (χ1) is 25.4. The van der Waals surface area contributed by atoms with Crippen LogP contribution in [0.2, 0.25) is 0 Å². The molecule has 1 heterocycles. The molecule has 0 atom stereocenters. The van der Waals surface area contributed by atoms with E-state index in [0.717, 1.165) is 71.9 Å². The Labute approximate surface area is 280 Å². The molecule has 0 radical (unpaired) electrons. The number of benzene rings is 8. The third-order valence-corrected chi connectivity index (χ3v) is 8.87. The minimum absolute atomic E-state index is 0.189. The Bertz CT molecular complexity index is 2820. The maximum Gasteiger partial charge on any atom is 0.145 e. The van der Waals surface area contributed by atoms with Crippen molar-refractivity contribution in [1.82, 2.24) is 9.55 Å². The number of imidazole rings is 1. The van der Waals surface area contributed by atoms with Crippen LogP contribution in [0, 0.1) is 0 Å². The van der Waals surface area contributed by atoms with E-state index in [0.29, 0.717) is 5.56 Å². The lowest BCUT2D eigenvalue weighted by atomic mass is 9.84. The maximum absolute atomic E-state index is 9.04. The molecule has 9 rings (SSSR count). The molecule has 0 saturated heterocycles. The molecule has 0 saturated carbocycles. The van der Waals surface area contributed by atoms with Gasteiger partial charge in [0, 0.05) is 11.3 Å². The van der Waals surface area contributed by atoms with Gasteiger partial charge in [-0.3, -0.25) is 4.57 Å². The van der Waals surface area contributed by atoms with Crippen molar-refractivity contribution >= 4 is 32.6 Å². The minimum atomic E-state index is -0.410. The fourth-order valence-corrected chi connectivity index (χ4v) is 6.82. The Hall–Kier alpha value is -6.25. The Morgan fingerprint density at radius 1 is 0.426 bits per heavy atom. The molecule has 2 heteroatoms. The summed E-state index contributed by atoms with van der Waals surface area (Å²) < 4.78 is 45.7. The number of hydrogen-bond donors (Lipinski definition) is 0. The van der Waals surface area contributed by atoms with E-state index in [9.17, 15) is 0 Å². The average molecular weight is 604 g/mol. The molecule has 0 aliphatic rings. The van der Waals surface area contributed by atoms with E-state index in [1.165, 1.54) is 0 Å². The van der Waals surface area contributed by atoms with Crippen LogP contribution in [-0.4, -0.2) is 9.55 Å². The van der Waals surface area contributed by atoms with Gasteiger partial charge in [0.1, 0.15) is 5.82 Å². The number of aromatic nitrogens is 2. The van der Waals surface area contributed by atoms with Gasteiger partial charge in [0.25, 0.3) is 0 Å². The van der Waals surface area contributed by atoms with Crippen LogP contribution in [0.25, 0.3) is 83.0 Å². The predicted molar refractivity (Wildman–Crippen MR) is 198 cm³/mol. The summed E-state index contributed by atoms with van der Waals surface area (Å²) in [5.41, 5.74) is 8.65. The molecule has 0 fully saturated rings. The lowest BCUT2D eigenvalue weighted by molar-refractivity contribution is 1.10. The van der Waals surface area contributed by atoms with E-state index < -0.39 is 6.04 Å². The lowest BCUT2D eigenvalue weighted by Crippen LogP contribution is -1.97. The van der Waals surface area contributed by atoms with Gasteiger partial charge in [-0.1, -0.05) is 145 Å². The fraction of sp³-hybridized carbons (Fsp3) is 0. The molecule has 9 aromatic rings. The van der Waals surface area contributed by atoms with Crippen molar-refractivity contribution < 1.29 is 6.85 Å². The number of hydrogen-bond acceptors (Lipinski definition) is 1. The quantitative estimate of drug-likeness (QED) is 0.179. The van der Waals surface area contributed by atoms with Crippen LogP contribution in [0.4, 0.5) is 0 Å². The summed E-state index contributed by atoms with van der Waals surface area (Å²) in [4.78, 5) is 5.13. The lowest BCUT2D eigenvalue weighted by Gasteiger charge is -2.19. The molecule has 220 valence electrons. The standard InChI is InChI=1S/C45H30N2/c1-4-15-31(16-5-1)33-27-28-39-40(30-33)43(32-17-6-2-7-18-32)37-23-10-11-24-38(37)44(39)34-19-14-20-35(29-34)45-46-41-25-12-13-26-42(41)47(45)36-21-8-3-9-22-36/h1-30H/i2D,6D,7D,17D,18D. The van der Waals surface area contributed by atoms with Gasteiger partial charge in [-0.05, 0) is 91.3 Å². The third-order valence-electron chi connectivity index (χ3n) is 8.87. The second kappa shape index (κ2) is 11.3. The van der Waals surface area contributed by atoms with Crippen molar-refractivity contribution in [3.63, 3.8) is 0 Å². The fourth-order valence-electron chi connectivity index (χ4n) is 6.82. The minimum Gasteiger partial charge on any atom is -0.292 e. The SMILES string of the molecule is [2H]c1c([2H])c([2H])c(-c2c3ccccc3c(-c3cccc(-c4nc5ccccc5n4-c4ccccc4)c3)c3ccc(-c4ccccc4)cc23)c([2H])c1[2H]. The molecule has 0 unspecified atom stereocenters. The highest BCUT2D eigenvalue weighted by atomic mass is 15.1. The van der Waals surface area contributed by atoms with Gasteiger partial charge in [0.15, 0.2) is 0 Å². The van der Waals surface area contributed by atoms with Gasteiger partial charge >= 0.3 is 0 Å². The zero-order valence-electron chi connectivity index (χ0n) is 30.3. The van der Waals surface area contributed by atoms with E-state index in [4.69, 9.17) is 11.8 Å². The zero-order valence-corrected chi connectivity index (χ0v) is 25.3. The second-order valence-electron chi connectivity index (χ2n) is 11.6. The summed E-state index contributed by atoms with van der Waals surface area (Å²) in [6, 6.07) is 49.6. The summed E-state index contributed by atoms with van der Waals surface area (Å²) >= 11 is 0. The highest BCUT2D eigenvalue weighted by Gasteiger charge is 2.19. The van der Waals surface area contributed by atoms with Crippen molar-refractivity contribution in [1.29, 1.82) is 0 Å². The Morgan fingerprint density at radius 2 is 1.04 bits per heavy atom. The first-order valence-electron chi connectivity index (χ1n) is 18.2. The van der Waals surface area contributed by atoms with E-state index in [1.54, 1.807) is 0 Å². The van der Waals surface area contributed by atoms with Gasteiger partial charge in [-0.2, -0.15) is 0 Å². The first kappa shape index (κ1) is 22.3. The van der Waals surface area contributed by atoms with E-state index in [1.807, 2.05) is 72.8 Å². The van der Waals surface area contributed by atoms with Gasteiger partial charge in [0.2, 0.25) is 0 Å². The van der Waals surface area contributed by atoms with Gasteiger partial charge in [-0.25, -0.2) is 4.98 Å². The number of fused-ring (bicyclic) bond motifs is 3. The average Bonchev–Trinajstić information content (AvgIpc) is 3.59. The predicted octanol–water partition coefficient (Wildman–Crippen LogP) is 12.0. The molecule has 8 aromatic carbocycles. The largest absolute Gasteiger partial charge is 0.292 e. The monoisotopic (exact) mass is 603 g/mol. The van der Waals surface area contributed by atoms with Crippen LogP contribution < -0.4 is 0 Å². The Morgan fingerprint density at radius 3 is 1.83 bits per heavy atom. The van der Waals surface area contributed by atoms with E-state index in [-0.39, 0.29) is 29.7 Å². The highest BCUT2D eigenvalue weighted by molar-refractivity contribution is 6.22. The summed E-state index contributed by atoms with van der Waals surface area (Å²) in [7, 11) is 0. The van der Waals surface area contributed by atoms with Crippen LogP contribution >= 0.6 is 0 Å². The smallest absolute Gasteiger partial charge is 0.145 e. The summed E-state index contributed by atoms with van der Waals surface area (Å²) in [5.74, 6) is 0.824. The summed E-state index contributed by atoms with van der Waals surface area (Å²) in [5, 5.41) is 3.43. The molecule has 0 spiro atoms. The molecule has 0 aliphatic heterocycles. The first-order valence-corrected chi connectivity index (χ1v) is 15.7. The van der Waals surface area contributed by atoms with Gasteiger partial charge in [0.05, 0.1) is 17.9 Å². The number of para-hydroxylation sites is 3. The molecule has 1 aromatic heterocycles. The molecular formula is C45H30N2. The molecule has 47 heavy (non-hydrogen) atoms. The molecule has 0 N–H and O–H groups in total. The van der Waals surface area contributed by atoms with Crippen LogP contribution in [0.5, 0.6) is 0 Å². The van der Waals surface area contributed by atoms with Gasteiger partial charge in [-0.15, -0.1) is 0 Å². The number of nitrogens with zero attached hydrogens (tertiary/aromatic N) is 2. The zero-order chi connectivity index (χ0) is 35.5. The third kappa shape index (κ3) is 4.62. The Kier molecular flexibility index (Phi) is 5.35. The van der Waals surface area contributed by atoms with Crippen molar-refractivity contribution in [3.8, 4) is 50.5 Å².